The molecule has 0 saturated carbocycles. The molecule has 1 rings (SSSR count). The van der Waals surface area contributed by atoms with Crippen molar-refractivity contribution in [2.24, 2.45) is 5.73 Å². The number of halogens is 1. The van der Waals surface area contributed by atoms with Crippen LogP contribution in [0.5, 0.6) is 0 Å². The number of benzene rings is 1. The normalized spacial score (nSPS) is 12.7. The Bertz CT molecular complexity index is 349. The molecule has 1 atom stereocenters. The van der Waals surface area contributed by atoms with Gasteiger partial charge >= 0.3 is 0 Å². The second-order valence-electron chi connectivity index (χ2n) is 5.17. The molecule has 0 bridgehead atoms. The van der Waals surface area contributed by atoms with Crippen LogP contribution < -0.4 is 5.73 Å². The van der Waals surface area contributed by atoms with E-state index < -0.39 is 0 Å². The molecule has 1 aromatic carbocycles. The third-order valence-electron chi connectivity index (χ3n) is 3.49. The van der Waals surface area contributed by atoms with Crippen molar-refractivity contribution in [3.8, 4) is 0 Å². The molecule has 1 nitrogen and oxygen atoms in total. The van der Waals surface area contributed by atoms with Gasteiger partial charge in [0.05, 0.1) is 0 Å². The highest BCUT2D eigenvalue weighted by atomic mass is 79.9. The fourth-order valence-corrected chi connectivity index (χ4v) is 2.55. The molecule has 0 amide bonds. The van der Waals surface area contributed by atoms with Gasteiger partial charge in [0.15, 0.2) is 0 Å². The van der Waals surface area contributed by atoms with Crippen molar-refractivity contribution < 1.29 is 0 Å². The van der Waals surface area contributed by atoms with Crippen LogP contribution >= 0.6 is 15.9 Å². The third-order valence-corrected chi connectivity index (χ3v) is 4.35. The van der Waals surface area contributed by atoms with Crippen molar-refractivity contribution >= 4 is 15.9 Å². The lowest BCUT2D eigenvalue weighted by Crippen LogP contribution is -2.10. The molecule has 0 spiro atoms. The lowest BCUT2D eigenvalue weighted by molar-refractivity contribution is 0.547. The van der Waals surface area contributed by atoms with Gasteiger partial charge in [0.1, 0.15) is 0 Å². The average Bonchev–Trinajstić information content (AvgIpc) is 2.36. The predicted molar refractivity (Wildman–Crippen MR) is 83.8 cm³/mol. The topological polar surface area (TPSA) is 26.0 Å². The van der Waals surface area contributed by atoms with Crippen molar-refractivity contribution in [2.45, 2.75) is 64.8 Å². The Morgan fingerprint density at radius 2 is 1.78 bits per heavy atom. The molecule has 2 heteroatoms. The Labute approximate surface area is 120 Å². The maximum absolute atomic E-state index is 6.23. The van der Waals surface area contributed by atoms with Crippen molar-refractivity contribution in [3.63, 3.8) is 0 Å². The molecule has 0 aliphatic carbocycles. The zero-order valence-electron chi connectivity index (χ0n) is 11.7. The van der Waals surface area contributed by atoms with E-state index in [1.54, 1.807) is 0 Å². The summed E-state index contributed by atoms with van der Waals surface area (Å²) in [4.78, 5) is 0. The molecular formula is C16H26BrN. The lowest BCUT2D eigenvalue weighted by Gasteiger charge is -2.13. The maximum atomic E-state index is 6.23. The molecule has 0 radical (unpaired) electrons. The summed E-state index contributed by atoms with van der Waals surface area (Å²) in [6.45, 7) is 4.36. The summed E-state index contributed by atoms with van der Waals surface area (Å²) < 4.78 is 1.17. The SMILES string of the molecule is CCCCCCCCC(N)c1ccc(C)c(Br)c1. The van der Waals surface area contributed by atoms with Gasteiger partial charge < -0.3 is 5.73 Å². The van der Waals surface area contributed by atoms with Crippen LogP contribution in [0.3, 0.4) is 0 Å². The highest BCUT2D eigenvalue weighted by Gasteiger charge is 2.07. The molecule has 0 aromatic heterocycles. The summed E-state index contributed by atoms with van der Waals surface area (Å²) in [7, 11) is 0. The second-order valence-corrected chi connectivity index (χ2v) is 6.03. The maximum Gasteiger partial charge on any atom is 0.0295 e. The Morgan fingerprint density at radius 1 is 1.11 bits per heavy atom. The van der Waals surface area contributed by atoms with Gasteiger partial charge in [-0.05, 0) is 30.5 Å². The molecule has 2 N–H and O–H groups in total. The van der Waals surface area contributed by atoms with Gasteiger partial charge in [0.2, 0.25) is 0 Å². The Hall–Kier alpha value is -0.340. The van der Waals surface area contributed by atoms with Crippen LogP contribution in [-0.4, -0.2) is 0 Å². The highest BCUT2D eigenvalue weighted by Crippen LogP contribution is 2.23. The first-order valence-electron chi connectivity index (χ1n) is 7.16. The largest absolute Gasteiger partial charge is 0.324 e. The zero-order chi connectivity index (χ0) is 13.4. The number of hydrogen-bond acceptors (Lipinski definition) is 1. The molecular weight excluding hydrogens is 286 g/mol. The Balaban J connectivity index is 2.27. The van der Waals surface area contributed by atoms with E-state index in [4.69, 9.17) is 5.73 Å². The molecule has 0 saturated heterocycles. The van der Waals surface area contributed by atoms with Crippen LogP contribution in [-0.2, 0) is 0 Å². The van der Waals surface area contributed by atoms with Crippen molar-refractivity contribution in [2.75, 3.05) is 0 Å². The summed E-state index contributed by atoms with van der Waals surface area (Å²) in [6.07, 6.45) is 9.09. The molecule has 102 valence electrons. The first-order valence-corrected chi connectivity index (χ1v) is 7.96. The van der Waals surface area contributed by atoms with Gasteiger partial charge in [-0.2, -0.15) is 0 Å². The van der Waals surface area contributed by atoms with Crippen LogP contribution in [0.4, 0.5) is 0 Å². The number of unbranched alkanes of at least 4 members (excludes halogenated alkanes) is 5. The lowest BCUT2D eigenvalue weighted by atomic mass is 9.99. The fourth-order valence-electron chi connectivity index (χ4n) is 2.15. The van der Waals surface area contributed by atoms with Gasteiger partial charge in [0.25, 0.3) is 0 Å². The van der Waals surface area contributed by atoms with Gasteiger partial charge in [-0.1, -0.05) is 73.5 Å². The molecule has 0 fully saturated rings. The van der Waals surface area contributed by atoms with Crippen molar-refractivity contribution in [1.82, 2.24) is 0 Å². The Morgan fingerprint density at radius 3 is 2.44 bits per heavy atom. The number of aryl methyl sites for hydroxylation is 1. The Kier molecular flexibility index (Phi) is 7.60. The molecule has 1 aromatic rings. The smallest absolute Gasteiger partial charge is 0.0295 e. The van der Waals surface area contributed by atoms with Crippen molar-refractivity contribution in [3.05, 3.63) is 33.8 Å². The van der Waals surface area contributed by atoms with E-state index in [0.717, 1.165) is 6.42 Å². The monoisotopic (exact) mass is 311 g/mol. The number of rotatable bonds is 8. The molecule has 0 aliphatic heterocycles. The van der Waals surface area contributed by atoms with E-state index in [9.17, 15) is 0 Å². The van der Waals surface area contributed by atoms with Crippen LogP contribution in [0.1, 0.15) is 69.0 Å². The van der Waals surface area contributed by atoms with Gasteiger partial charge in [0, 0.05) is 10.5 Å². The van der Waals surface area contributed by atoms with Crippen LogP contribution in [0.25, 0.3) is 0 Å². The average molecular weight is 312 g/mol. The van der Waals surface area contributed by atoms with Crippen molar-refractivity contribution in [1.29, 1.82) is 0 Å². The van der Waals surface area contributed by atoms with Gasteiger partial charge in [-0.3, -0.25) is 0 Å². The molecule has 1 unspecified atom stereocenters. The highest BCUT2D eigenvalue weighted by molar-refractivity contribution is 9.10. The van der Waals surface area contributed by atoms with E-state index >= 15 is 0 Å². The van der Waals surface area contributed by atoms with E-state index in [2.05, 4.69) is 48.0 Å². The summed E-state index contributed by atoms with van der Waals surface area (Å²) in [6, 6.07) is 6.65. The van der Waals surface area contributed by atoms with Crippen LogP contribution in [0.15, 0.2) is 22.7 Å². The fraction of sp³-hybridized carbons (Fsp3) is 0.625. The minimum absolute atomic E-state index is 0.188. The van der Waals surface area contributed by atoms with Crippen LogP contribution in [0, 0.1) is 6.92 Å². The second kappa shape index (κ2) is 8.71. The van der Waals surface area contributed by atoms with Gasteiger partial charge in [-0.25, -0.2) is 0 Å². The summed E-state index contributed by atoms with van der Waals surface area (Å²) >= 11 is 3.57. The molecule has 18 heavy (non-hydrogen) atoms. The van der Waals surface area contributed by atoms with E-state index in [1.807, 2.05) is 0 Å². The molecule has 0 heterocycles. The first kappa shape index (κ1) is 15.7. The third kappa shape index (κ3) is 5.53. The molecule has 0 aliphatic rings. The standard InChI is InChI=1S/C16H26BrN/c1-3-4-5-6-7-8-9-16(18)14-11-10-13(2)15(17)12-14/h10-12,16H,3-9,18H2,1-2H3. The minimum Gasteiger partial charge on any atom is -0.324 e. The van der Waals surface area contributed by atoms with E-state index in [-0.39, 0.29) is 6.04 Å². The summed E-state index contributed by atoms with van der Waals surface area (Å²) in [5.41, 5.74) is 8.75. The summed E-state index contributed by atoms with van der Waals surface area (Å²) in [5, 5.41) is 0. The number of nitrogens with two attached hydrogens (primary N) is 1. The minimum atomic E-state index is 0.188. The predicted octanol–water partition coefficient (Wildman–Crippen LogP) is 5.51. The van der Waals surface area contributed by atoms with Crippen LogP contribution in [0.2, 0.25) is 0 Å². The summed E-state index contributed by atoms with van der Waals surface area (Å²) in [5.74, 6) is 0. The number of hydrogen-bond donors (Lipinski definition) is 1. The quantitative estimate of drug-likeness (QED) is 0.629. The van der Waals surface area contributed by atoms with E-state index in [1.165, 1.54) is 54.1 Å². The zero-order valence-corrected chi connectivity index (χ0v) is 13.3. The van der Waals surface area contributed by atoms with Gasteiger partial charge in [-0.15, -0.1) is 0 Å². The first-order chi connectivity index (χ1) is 8.65. The van der Waals surface area contributed by atoms with E-state index in [0.29, 0.717) is 0 Å².